The van der Waals surface area contributed by atoms with Crippen molar-refractivity contribution in [1.29, 1.82) is 0 Å². The molecule has 0 aliphatic carbocycles. The van der Waals surface area contributed by atoms with Crippen LogP contribution in [-0.2, 0) is 0 Å². The van der Waals surface area contributed by atoms with Gasteiger partial charge < -0.3 is 10.2 Å². The molecular weight excluding hydrogens is 273 g/mol. The highest BCUT2D eigenvalue weighted by atomic mass is 35.5. The standard InChI is InChI=1S/C13H11Cl2NO2/c14-9-3-4-10(11(15)6-9)13(18)12(17)8-2-1-5-16-7-8/h1-7,12-13,17-18H. The van der Waals surface area contributed by atoms with Gasteiger partial charge in [0.05, 0.1) is 0 Å². The van der Waals surface area contributed by atoms with Gasteiger partial charge in [-0.1, -0.05) is 35.3 Å². The predicted octanol–water partition coefficient (Wildman–Crippen LogP) is 3.16. The van der Waals surface area contributed by atoms with Gasteiger partial charge in [-0.25, -0.2) is 0 Å². The summed E-state index contributed by atoms with van der Waals surface area (Å²) in [7, 11) is 0. The first-order valence-electron chi connectivity index (χ1n) is 5.30. The third-order valence-corrected chi connectivity index (χ3v) is 3.17. The molecule has 0 saturated heterocycles. The minimum absolute atomic E-state index is 0.318. The summed E-state index contributed by atoms with van der Waals surface area (Å²) in [6, 6.07) is 8.11. The molecule has 0 aliphatic rings. The van der Waals surface area contributed by atoms with Gasteiger partial charge in [-0.15, -0.1) is 0 Å². The summed E-state index contributed by atoms with van der Waals surface area (Å²) in [5.41, 5.74) is 0.952. The van der Waals surface area contributed by atoms with Crippen LogP contribution in [0.25, 0.3) is 0 Å². The van der Waals surface area contributed by atoms with Crippen LogP contribution >= 0.6 is 23.2 Å². The molecule has 2 unspecified atom stereocenters. The molecule has 2 N–H and O–H groups in total. The van der Waals surface area contributed by atoms with Crippen LogP contribution in [0.1, 0.15) is 23.3 Å². The zero-order valence-electron chi connectivity index (χ0n) is 9.29. The molecule has 0 amide bonds. The number of aromatic nitrogens is 1. The van der Waals surface area contributed by atoms with Crippen molar-refractivity contribution in [2.45, 2.75) is 12.2 Å². The van der Waals surface area contributed by atoms with Gasteiger partial charge in [-0.05, 0) is 18.2 Å². The number of nitrogens with zero attached hydrogens (tertiary/aromatic N) is 1. The molecule has 0 radical (unpaired) electrons. The van der Waals surface area contributed by atoms with E-state index < -0.39 is 12.2 Å². The van der Waals surface area contributed by atoms with E-state index >= 15 is 0 Å². The van der Waals surface area contributed by atoms with Crippen molar-refractivity contribution in [2.75, 3.05) is 0 Å². The monoisotopic (exact) mass is 283 g/mol. The second-order valence-corrected chi connectivity index (χ2v) is 4.69. The van der Waals surface area contributed by atoms with Gasteiger partial charge in [0.15, 0.2) is 0 Å². The topological polar surface area (TPSA) is 53.4 Å². The number of aliphatic hydroxyl groups is 2. The van der Waals surface area contributed by atoms with Gasteiger partial charge in [0.2, 0.25) is 0 Å². The Bertz CT molecular complexity index is 534. The number of pyridine rings is 1. The molecule has 18 heavy (non-hydrogen) atoms. The lowest BCUT2D eigenvalue weighted by Gasteiger charge is -2.19. The highest BCUT2D eigenvalue weighted by Crippen LogP contribution is 2.33. The Labute approximate surface area is 115 Å². The van der Waals surface area contributed by atoms with Crippen molar-refractivity contribution in [1.82, 2.24) is 4.98 Å². The number of benzene rings is 1. The van der Waals surface area contributed by atoms with E-state index in [0.717, 1.165) is 0 Å². The minimum atomic E-state index is -1.13. The maximum Gasteiger partial charge on any atom is 0.111 e. The zero-order valence-corrected chi connectivity index (χ0v) is 10.8. The maximum absolute atomic E-state index is 10.1. The summed E-state index contributed by atoms with van der Waals surface area (Å²) in [5, 5.41) is 21.0. The van der Waals surface area contributed by atoms with Crippen molar-refractivity contribution in [3.05, 3.63) is 63.9 Å². The van der Waals surface area contributed by atoms with Crippen LogP contribution in [0.3, 0.4) is 0 Å². The average Bonchev–Trinajstić information content (AvgIpc) is 2.38. The van der Waals surface area contributed by atoms with E-state index in [1.54, 1.807) is 30.5 Å². The Morgan fingerprint density at radius 2 is 1.83 bits per heavy atom. The minimum Gasteiger partial charge on any atom is -0.385 e. The van der Waals surface area contributed by atoms with Crippen molar-refractivity contribution in [3.8, 4) is 0 Å². The number of halogens is 2. The normalized spacial score (nSPS) is 14.2. The molecular formula is C13H11Cl2NO2. The van der Waals surface area contributed by atoms with Crippen LogP contribution < -0.4 is 0 Å². The SMILES string of the molecule is OC(c1cccnc1)C(O)c1ccc(Cl)cc1Cl. The predicted molar refractivity (Wildman–Crippen MR) is 70.6 cm³/mol. The van der Waals surface area contributed by atoms with Crippen LogP contribution in [-0.4, -0.2) is 15.2 Å². The average molecular weight is 284 g/mol. The van der Waals surface area contributed by atoms with Crippen LogP contribution in [0.4, 0.5) is 0 Å². The number of hydrogen-bond donors (Lipinski definition) is 2. The molecule has 2 atom stereocenters. The van der Waals surface area contributed by atoms with Gasteiger partial charge in [0.25, 0.3) is 0 Å². The molecule has 0 saturated carbocycles. The fraction of sp³-hybridized carbons (Fsp3) is 0.154. The fourth-order valence-corrected chi connectivity index (χ4v) is 2.16. The molecule has 0 bridgehead atoms. The lowest BCUT2D eigenvalue weighted by atomic mass is 9.99. The van der Waals surface area contributed by atoms with E-state index in [-0.39, 0.29) is 0 Å². The lowest BCUT2D eigenvalue weighted by molar-refractivity contribution is 0.0171. The van der Waals surface area contributed by atoms with Crippen LogP contribution in [0.2, 0.25) is 10.0 Å². The van der Waals surface area contributed by atoms with Gasteiger partial charge in [-0.2, -0.15) is 0 Å². The smallest absolute Gasteiger partial charge is 0.111 e. The molecule has 1 aromatic carbocycles. The van der Waals surface area contributed by atoms with E-state index in [9.17, 15) is 10.2 Å². The molecule has 5 heteroatoms. The highest BCUT2D eigenvalue weighted by Gasteiger charge is 2.22. The van der Waals surface area contributed by atoms with E-state index in [0.29, 0.717) is 21.2 Å². The lowest BCUT2D eigenvalue weighted by Crippen LogP contribution is -2.11. The molecule has 1 aromatic heterocycles. The van der Waals surface area contributed by atoms with Gasteiger partial charge in [0, 0.05) is 33.6 Å². The molecule has 0 fully saturated rings. The van der Waals surface area contributed by atoms with Crippen molar-refractivity contribution >= 4 is 23.2 Å². The van der Waals surface area contributed by atoms with Crippen molar-refractivity contribution in [3.63, 3.8) is 0 Å². The summed E-state index contributed by atoms with van der Waals surface area (Å²) >= 11 is 11.8. The second kappa shape index (κ2) is 5.67. The summed E-state index contributed by atoms with van der Waals surface area (Å²) in [6.07, 6.45) is 0.881. The molecule has 94 valence electrons. The first-order valence-corrected chi connectivity index (χ1v) is 6.06. The van der Waals surface area contributed by atoms with Gasteiger partial charge in [-0.3, -0.25) is 4.98 Å². The largest absolute Gasteiger partial charge is 0.385 e. The number of hydrogen-bond acceptors (Lipinski definition) is 3. The Kier molecular flexibility index (Phi) is 4.19. The van der Waals surface area contributed by atoms with Gasteiger partial charge in [0.1, 0.15) is 12.2 Å². The zero-order chi connectivity index (χ0) is 13.1. The Balaban J connectivity index is 2.28. The molecule has 0 aliphatic heterocycles. The first kappa shape index (κ1) is 13.3. The molecule has 3 nitrogen and oxygen atoms in total. The summed E-state index contributed by atoms with van der Waals surface area (Å²) in [5.74, 6) is 0. The van der Waals surface area contributed by atoms with E-state index in [1.807, 2.05) is 0 Å². The molecule has 1 heterocycles. The Morgan fingerprint density at radius 1 is 1.06 bits per heavy atom. The molecule has 0 spiro atoms. The highest BCUT2D eigenvalue weighted by molar-refractivity contribution is 6.35. The maximum atomic E-state index is 10.1. The second-order valence-electron chi connectivity index (χ2n) is 3.84. The van der Waals surface area contributed by atoms with Crippen LogP contribution in [0.5, 0.6) is 0 Å². The quantitative estimate of drug-likeness (QED) is 0.910. The molecule has 2 aromatic rings. The van der Waals surface area contributed by atoms with Crippen molar-refractivity contribution < 1.29 is 10.2 Å². The summed E-state index contributed by atoms with van der Waals surface area (Å²) in [4.78, 5) is 3.89. The van der Waals surface area contributed by atoms with Crippen molar-refractivity contribution in [2.24, 2.45) is 0 Å². The number of rotatable bonds is 3. The fourth-order valence-electron chi connectivity index (χ4n) is 1.64. The first-order chi connectivity index (χ1) is 8.59. The van der Waals surface area contributed by atoms with Crippen LogP contribution in [0, 0.1) is 0 Å². The summed E-state index contributed by atoms with van der Waals surface area (Å²) in [6.45, 7) is 0. The molecule has 2 rings (SSSR count). The summed E-state index contributed by atoms with van der Waals surface area (Å²) < 4.78 is 0. The van der Waals surface area contributed by atoms with E-state index in [2.05, 4.69) is 4.98 Å². The third-order valence-electron chi connectivity index (χ3n) is 2.61. The third kappa shape index (κ3) is 2.82. The Hall–Kier alpha value is -1.13. The van der Waals surface area contributed by atoms with Gasteiger partial charge >= 0.3 is 0 Å². The Morgan fingerprint density at radius 3 is 2.44 bits per heavy atom. The van der Waals surface area contributed by atoms with E-state index in [1.165, 1.54) is 12.3 Å². The van der Waals surface area contributed by atoms with Crippen LogP contribution in [0.15, 0.2) is 42.7 Å². The number of aliphatic hydroxyl groups excluding tert-OH is 2. The van der Waals surface area contributed by atoms with E-state index in [4.69, 9.17) is 23.2 Å².